The Morgan fingerprint density at radius 1 is 1.40 bits per heavy atom. The van der Waals surface area contributed by atoms with Crippen LogP contribution in [0, 0.1) is 6.92 Å². The van der Waals surface area contributed by atoms with Crippen molar-refractivity contribution in [3.8, 4) is 0 Å². The minimum absolute atomic E-state index is 0.112. The molecule has 0 bridgehead atoms. The molecule has 0 aliphatic carbocycles. The highest BCUT2D eigenvalue weighted by Crippen LogP contribution is 2.22. The first-order valence-corrected chi connectivity index (χ1v) is 6.06. The number of hydrogen-bond donors (Lipinski definition) is 0. The van der Waals surface area contributed by atoms with E-state index in [0.717, 1.165) is 5.75 Å². The Morgan fingerprint density at radius 2 is 2.13 bits per heavy atom. The molecule has 3 heteroatoms. The molecule has 0 aliphatic rings. The van der Waals surface area contributed by atoms with Gasteiger partial charge in [0.1, 0.15) is 0 Å². The monoisotopic (exact) mass is 224 g/mol. The highest BCUT2D eigenvalue weighted by molar-refractivity contribution is 7.99. The lowest BCUT2D eigenvalue weighted by atomic mass is 10.2. The Labute approximate surface area is 95.0 Å². The topological polar surface area (TPSA) is 26.3 Å². The van der Waals surface area contributed by atoms with E-state index >= 15 is 0 Å². The molecule has 0 saturated carbocycles. The summed E-state index contributed by atoms with van der Waals surface area (Å²) >= 11 is 1.70. The normalized spacial score (nSPS) is 10.0. The molecule has 0 N–H and O–H groups in total. The van der Waals surface area contributed by atoms with Crippen molar-refractivity contribution in [2.75, 3.05) is 12.4 Å². The lowest BCUT2D eigenvalue weighted by Gasteiger charge is -2.04. The number of esters is 1. The summed E-state index contributed by atoms with van der Waals surface area (Å²) in [6, 6.07) is 8.18. The summed E-state index contributed by atoms with van der Waals surface area (Å²) in [4.78, 5) is 12.3. The molecule has 0 spiro atoms. The molecule has 2 nitrogen and oxygen atoms in total. The quantitative estimate of drug-likeness (QED) is 0.568. The molecular formula is C12H16O2S. The van der Waals surface area contributed by atoms with Crippen LogP contribution in [0.4, 0.5) is 0 Å². The van der Waals surface area contributed by atoms with Gasteiger partial charge in [-0.3, -0.25) is 4.79 Å². The molecule has 0 saturated heterocycles. The van der Waals surface area contributed by atoms with Crippen LogP contribution >= 0.6 is 11.8 Å². The van der Waals surface area contributed by atoms with E-state index in [1.165, 1.54) is 10.5 Å². The largest absolute Gasteiger partial charge is 0.466 e. The van der Waals surface area contributed by atoms with Gasteiger partial charge in [-0.15, -0.1) is 11.8 Å². The third-order valence-corrected chi connectivity index (χ3v) is 3.14. The van der Waals surface area contributed by atoms with Crippen LogP contribution in [-0.2, 0) is 9.53 Å². The SMILES string of the molecule is CCOC(=O)CCSc1ccccc1C. The molecule has 1 rings (SSSR count). The van der Waals surface area contributed by atoms with Crippen molar-refractivity contribution < 1.29 is 9.53 Å². The molecule has 0 aromatic heterocycles. The molecule has 1 aromatic carbocycles. The average Bonchev–Trinajstić information content (AvgIpc) is 2.21. The maximum atomic E-state index is 11.1. The predicted octanol–water partition coefficient (Wildman–Crippen LogP) is 3.04. The van der Waals surface area contributed by atoms with Crippen LogP contribution in [0.5, 0.6) is 0 Å². The van der Waals surface area contributed by atoms with E-state index in [2.05, 4.69) is 19.1 Å². The van der Waals surface area contributed by atoms with Crippen molar-refractivity contribution >= 4 is 17.7 Å². The predicted molar refractivity (Wildman–Crippen MR) is 63.2 cm³/mol. The zero-order valence-corrected chi connectivity index (χ0v) is 9.97. The van der Waals surface area contributed by atoms with Gasteiger partial charge in [-0.05, 0) is 25.5 Å². The first-order valence-electron chi connectivity index (χ1n) is 5.08. The lowest BCUT2D eigenvalue weighted by Crippen LogP contribution is -2.04. The van der Waals surface area contributed by atoms with Crippen LogP contribution in [-0.4, -0.2) is 18.3 Å². The molecule has 0 heterocycles. The average molecular weight is 224 g/mol. The van der Waals surface area contributed by atoms with Crippen LogP contribution in [0.25, 0.3) is 0 Å². The maximum Gasteiger partial charge on any atom is 0.306 e. The minimum atomic E-state index is -0.112. The highest BCUT2D eigenvalue weighted by atomic mass is 32.2. The molecule has 15 heavy (non-hydrogen) atoms. The summed E-state index contributed by atoms with van der Waals surface area (Å²) in [6.07, 6.45) is 0.479. The Bertz CT molecular complexity index is 323. The number of aryl methyl sites for hydroxylation is 1. The minimum Gasteiger partial charge on any atom is -0.466 e. The molecule has 0 radical (unpaired) electrons. The third kappa shape index (κ3) is 4.38. The fraction of sp³-hybridized carbons (Fsp3) is 0.417. The fourth-order valence-corrected chi connectivity index (χ4v) is 2.15. The second-order valence-electron chi connectivity index (χ2n) is 3.17. The van der Waals surface area contributed by atoms with E-state index in [1.807, 2.05) is 19.1 Å². The van der Waals surface area contributed by atoms with Gasteiger partial charge < -0.3 is 4.74 Å². The van der Waals surface area contributed by atoms with E-state index in [0.29, 0.717) is 13.0 Å². The molecule has 82 valence electrons. The van der Waals surface area contributed by atoms with Gasteiger partial charge in [-0.2, -0.15) is 0 Å². The summed E-state index contributed by atoms with van der Waals surface area (Å²) in [5, 5.41) is 0. The van der Waals surface area contributed by atoms with Gasteiger partial charge in [0.15, 0.2) is 0 Å². The van der Waals surface area contributed by atoms with Crippen molar-refractivity contribution in [1.29, 1.82) is 0 Å². The Kier molecular flexibility index (Phi) is 5.26. The standard InChI is InChI=1S/C12H16O2S/c1-3-14-12(13)8-9-15-11-7-5-4-6-10(11)2/h4-7H,3,8-9H2,1-2H3. The first-order chi connectivity index (χ1) is 7.24. The van der Waals surface area contributed by atoms with Crippen molar-refractivity contribution in [3.63, 3.8) is 0 Å². The van der Waals surface area contributed by atoms with E-state index in [9.17, 15) is 4.79 Å². The number of rotatable bonds is 5. The highest BCUT2D eigenvalue weighted by Gasteiger charge is 2.03. The van der Waals surface area contributed by atoms with Crippen molar-refractivity contribution in [3.05, 3.63) is 29.8 Å². The van der Waals surface area contributed by atoms with Gasteiger partial charge in [-0.25, -0.2) is 0 Å². The Morgan fingerprint density at radius 3 is 2.80 bits per heavy atom. The molecular weight excluding hydrogens is 208 g/mol. The van der Waals surface area contributed by atoms with Crippen LogP contribution in [0.1, 0.15) is 18.9 Å². The summed E-state index contributed by atoms with van der Waals surface area (Å²) in [7, 11) is 0. The third-order valence-electron chi connectivity index (χ3n) is 1.96. The van der Waals surface area contributed by atoms with Crippen LogP contribution in [0.2, 0.25) is 0 Å². The van der Waals surface area contributed by atoms with Crippen molar-refractivity contribution in [1.82, 2.24) is 0 Å². The Hall–Kier alpha value is -0.960. The molecule has 0 fully saturated rings. The van der Waals surface area contributed by atoms with E-state index < -0.39 is 0 Å². The number of ether oxygens (including phenoxy) is 1. The Balaban J connectivity index is 2.32. The molecule has 0 atom stereocenters. The number of thioether (sulfide) groups is 1. The number of hydrogen-bond acceptors (Lipinski definition) is 3. The summed E-state index contributed by atoms with van der Waals surface area (Å²) in [6.45, 7) is 4.37. The number of carbonyl (C=O) groups excluding carboxylic acids is 1. The summed E-state index contributed by atoms with van der Waals surface area (Å²) in [5.41, 5.74) is 1.26. The van der Waals surface area contributed by atoms with Crippen LogP contribution < -0.4 is 0 Å². The zero-order chi connectivity index (χ0) is 11.1. The second-order valence-corrected chi connectivity index (χ2v) is 4.31. The number of carbonyl (C=O) groups is 1. The van der Waals surface area contributed by atoms with Gasteiger partial charge in [0, 0.05) is 10.6 Å². The number of benzene rings is 1. The molecule has 1 aromatic rings. The van der Waals surface area contributed by atoms with E-state index in [1.54, 1.807) is 11.8 Å². The zero-order valence-electron chi connectivity index (χ0n) is 9.16. The van der Waals surface area contributed by atoms with Gasteiger partial charge in [0.05, 0.1) is 13.0 Å². The maximum absolute atomic E-state index is 11.1. The first kappa shape index (κ1) is 12.1. The van der Waals surface area contributed by atoms with Crippen molar-refractivity contribution in [2.24, 2.45) is 0 Å². The fourth-order valence-electron chi connectivity index (χ4n) is 1.20. The molecule has 0 aliphatic heterocycles. The smallest absolute Gasteiger partial charge is 0.306 e. The van der Waals surface area contributed by atoms with Gasteiger partial charge in [0.25, 0.3) is 0 Å². The summed E-state index contributed by atoms with van der Waals surface area (Å²) in [5.74, 6) is 0.669. The van der Waals surface area contributed by atoms with E-state index in [-0.39, 0.29) is 5.97 Å². The molecule has 0 amide bonds. The summed E-state index contributed by atoms with van der Waals surface area (Å²) < 4.78 is 4.86. The molecule has 0 unspecified atom stereocenters. The van der Waals surface area contributed by atoms with Crippen LogP contribution in [0.3, 0.4) is 0 Å². The van der Waals surface area contributed by atoms with Gasteiger partial charge in [0.2, 0.25) is 0 Å². The van der Waals surface area contributed by atoms with Gasteiger partial charge in [-0.1, -0.05) is 18.2 Å². The van der Waals surface area contributed by atoms with Gasteiger partial charge >= 0.3 is 5.97 Å². The van der Waals surface area contributed by atoms with Crippen molar-refractivity contribution in [2.45, 2.75) is 25.2 Å². The lowest BCUT2D eigenvalue weighted by molar-refractivity contribution is -0.142. The second kappa shape index (κ2) is 6.51. The van der Waals surface area contributed by atoms with E-state index in [4.69, 9.17) is 4.74 Å². The van der Waals surface area contributed by atoms with Crippen LogP contribution in [0.15, 0.2) is 29.2 Å².